The Morgan fingerprint density at radius 3 is 3.08 bits per heavy atom. The Morgan fingerprint density at radius 1 is 1.46 bits per heavy atom. The number of halogens is 1. The van der Waals surface area contributed by atoms with Crippen molar-refractivity contribution in [1.82, 2.24) is 0 Å². The SMILES string of the molecule is [N-]=[N+]=Nc1c(Br)ccc2c1OCO2. The molecule has 6 heteroatoms. The highest BCUT2D eigenvalue weighted by Crippen LogP contribution is 2.45. The lowest BCUT2D eigenvalue weighted by molar-refractivity contribution is 0.174. The van der Waals surface area contributed by atoms with Gasteiger partial charge in [-0.3, -0.25) is 0 Å². The molecule has 0 radical (unpaired) electrons. The highest BCUT2D eigenvalue weighted by molar-refractivity contribution is 9.10. The first-order valence-corrected chi connectivity index (χ1v) is 4.25. The first-order valence-electron chi connectivity index (χ1n) is 3.46. The van der Waals surface area contributed by atoms with E-state index in [2.05, 4.69) is 26.0 Å². The van der Waals surface area contributed by atoms with Crippen molar-refractivity contribution in [2.75, 3.05) is 6.79 Å². The number of rotatable bonds is 1. The van der Waals surface area contributed by atoms with Gasteiger partial charge in [0.1, 0.15) is 0 Å². The minimum absolute atomic E-state index is 0.166. The van der Waals surface area contributed by atoms with Crippen LogP contribution in [0.4, 0.5) is 5.69 Å². The van der Waals surface area contributed by atoms with Crippen molar-refractivity contribution in [1.29, 1.82) is 0 Å². The molecule has 0 fully saturated rings. The van der Waals surface area contributed by atoms with Crippen LogP contribution in [0.15, 0.2) is 21.7 Å². The van der Waals surface area contributed by atoms with Gasteiger partial charge in [0.25, 0.3) is 0 Å². The van der Waals surface area contributed by atoms with Gasteiger partial charge in [0.2, 0.25) is 6.79 Å². The molecule has 1 aromatic carbocycles. The maximum atomic E-state index is 8.32. The van der Waals surface area contributed by atoms with Crippen molar-refractivity contribution in [3.8, 4) is 11.5 Å². The molecule has 0 amide bonds. The number of ether oxygens (including phenoxy) is 2. The van der Waals surface area contributed by atoms with Gasteiger partial charge in [-0.25, -0.2) is 0 Å². The molecule has 1 aliphatic heterocycles. The van der Waals surface area contributed by atoms with Crippen LogP contribution in [0, 0.1) is 0 Å². The van der Waals surface area contributed by atoms with E-state index in [1.807, 2.05) is 0 Å². The Bertz CT molecular complexity index is 401. The van der Waals surface area contributed by atoms with Gasteiger partial charge in [-0.15, -0.1) is 0 Å². The summed E-state index contributed by atoms with van der Waals surface area (Å²) < 4.78 is 10.9. The molecular formula is C7H4BrN3O2. The van der Waals surface area contributed by atoms with Crippen LogP contribution in [-0.4, -0.2) is 6.79 Å². The maximum absolute atomic E-state index is 8.32. The predicted octanol–water partition coefficient (Wildman–Crippen LogP) is 3.12. The summed E-state index contributed by atoms with van der Waals surface area (Å²) in [6.07, 6.45) is 0. The topological polar surface area (TPSA) is 67.2 Å². The molecule has 0 spiro atoms. The summed E-state index contributed by atoms with van der Waals surface area (Å²) in [7, 11) is 0. The van der Waals surface area contributed by atoms with Gasteiger partial charge in [0, 0.05) is 9.38 Å². The molecule has 1 heterocycles. The Hall–Kier alpha value is -1.39. The van der Waals surface area contributed by atoms with Crippen LogP contribution in [-0.2, 0) is 0 Å². The van der Waals surface area contributed by atoms with Crippen molar-refractivity contribution in [3.63, 3.8) is 0 Å². The van der Waals surface area contributed by atoms with E-state index in [0.717, 1.165) is 0 Å². The Balaban J connectivity index is 2.64. The first kappa shape index (κ1) is 8.22. The highest BCUT2D eigenvalue weighted by Gasteiger charge is 2.18. The Labute approximate surface area is 82.0 Å². The second kappa shape index (κ2) is 3.16. The van der Waals surface area contributed by atoms with Gasteiger partial charge in [0.05, 0.1) is 5.69 Å². The zero-order valence-electron chi connectivity index (χ0n) is 6.40. The number of fused-ring (bicyclic) bond motifs is 1. The Morgan fingerprint density at radius 2 is 2.31 bits per heavy atom. The predicted molar refractivity (Wildman–Crippen MR) is 49.1 cm³/mol. The fourth-order valence-electron chi connectivity index (χ4n) is 1.07. The molecule has 13 heavy (non-hydrogen) atoms. The third-order valence-corrected chi connectivity index (χ3v) is 2.25. The summed E-state index contributed by atoms with van der Waals surface area (Å²) in [5.41, 5.74) is 8.74. The molecule has 2 rings (SSSR count). The summed E-state index contributed by atoms with van der Waals surface area (Å²) in [5, 5.41) is 3.51. The summed E-state index contributed by atoms with van der Waals surface area (Å²) in [6, 6.07) is 3.50. The molecule has 0 saturated heterocycles. The van der Waals surface area contributed by atoms with E-state index in [0.29, 0.717) is 21.7 Å². The smallest absolute Gasteiger partial charge is 0.231 e. The molecule has 1 aliphatic rings. The molecule has 0 N–H and O–H groups in total. The van der Waals surface area contributed by atoms with Crippen LogP contribution in [0.5, 0.6) is 11.5 Å². The average Bonchev–Trinajstić information content (AvgIpc) is 2.58. The van der Waals surface area contributed by atoms with Crippen molar-refractivity contribution >= 4 is 21.6 Å². The van der Waals surface area contributed by atoms with Gasteiger partial charge in [0.15, 0.2) is 11.5 Å². The van der Waals surface area contributed by atoms with E-state index in [-0.39, 0.29) is 6.79 Å². The normalized spacial score (nSPS) is 12.4. The van der Waals surface area contributed by atoms with Crippen molar-refractivity contribution in [2.24, 2.45) is 5.11 Å². The minimum atomic E-state index is 0.166. The lowest BCUT2D eigenvalue weighted by Gasteiger charge is -2.01. The lowest BCUT2D eigenvalue weighted by Crippen LogP contribution is -1.93. The van der Waals surface area contributed by atoms with Crippen LogP contribution in [0.3, 0.4) is 0 Å². The van der Waals surface area contributed by atoms with E-state index in [1.165, 1.54) is 0 Å². The molecule has 5 nitrogen and oxygen atoms in total. The second-order valence-corrected chi connectivity index (χ2v) is 3.17. The average molecular weight is 242 g/mol. The third kappa shape index (κ3) is 1.30. The van der Waals surface area contributed by atoms with Crippen LogP contribution in [0.1, 0.15) is 0 Å². The Kier molecular flexibility index (Phi) is 2.00. The van der Waals surface area contributed by atoms with E-state index in [9.17, 15) is 0 Å². The number of azide groups is 1. The van der Waals surface area contributed by atoms with Crippen molar-refractivity contribution in [3.05, 3.63) is 27.0 Å². The molecule has 66 valence electrons. The number of benzene rings is 1. The molecule has 0 aliphatic carbocycles. The lowest BCUT2D eigenvalue weighted by atomic mass is 10.3. The zero-order valence-corrected chi connectivity index (χ0v) is 7.98. The van der Waals surface area contributed by atoms with Crippen LogP contribution >= 0.6 is 15.9 Å². The van der Waals surface area contributed by atoms with E-state index >= 15 is 0 Å². The molecule has 0 atom stereocenters. The first-order chi connectivity index (χ1) is 6.33. The largest absolute Gasteiger partial charge is 0.454 e. The summed E-state index contributed by atoms with van der Waals surface area (Å²) in [4.78, 5) is 2.70. The standard InChI is InChI=1S/C7H4BrN3O2/c8-4-1-2-5-7(13-3-12-5)6(4)10-11-9/h1-2H,3H2. The summed E-state index contributed by atoms with van der Waals surface area (Å²) >= 11 is 3.25. The third-order valence-electron chi connectivity index (χ3n) is 1.61. The van der Waals surface area contributed by atoms with Crippen molar-refractivity contribution in [2.45, 2.75) is 0 Å². The fraction of sp³-hybridized carbons (Fsp3) is 0.143. The number of nitrogens with zero attached hydrogens (tertiary/aromatic N) is 3. The summed E-state index contributed by atoms with van der Waals surface area (Å²) in [6.45, 7) is 0.166. The molecular weight excluding hydrogens is 238 g/mol. The minimum Gasteiger partial charge on any atom is -0.454 e. The molecule has 0 saturated carbocycles. The van der Waals surface area contributed by atoms with Gasteiger partial charge in [-0.05, 0) is 17.7 Å². The molecule has 0 bridgehead atoms. The zero-order chi connectivity index (χ0) is 9.26. The van der Waals surface area contributed by atoms with Gasteiger partial charge in [-0.1, -0.05) is 21.0 Å². The van der Waals surface area contributed by atoms with Gasteiger partial charge >= 0.3 is 0 Å². The van der Waals surface area contributed by atoms with Crippen LogP contribution in [0.2, 0.25) is 0 Å². The van der Waals surface area contributed by atoms with E-state index in [1.54, 1.807) is 12.1 Å². The van der Waals surface area contributed by atoms with Crippen LogP contribution < -0.4 is 9.47 Å². The monoisotopic (exact) mass is 241 g/mol. The van der Waals surface area contributed by atoms with Gasteiger partial charge in [-0.2, -0.15) is 0 Å². The second-order valence-electron chi connectivity index (χ2n) is 2.32. The van der Waals surface area contributed by atoms with Crippen LogP contribution in [0.25, 0.3) is 10.4 Å². The van der Waals surface area contributed by atoms with E-state index < -0.39 is 0 Å². The van der Waals surface area contributed by atoms with E-state index in [4.69, 9.17) is 15.0 Å². The fourth-order valence-corrected chi connectivity index (χ4v) is 1.46. The molecule has 0 unspecified atom stereocenters. The number of hydrogen-bond donors (Lipinski definition) is 0. The quantitative estimate of drug-likeness (QED) is 0.431. The highest BCUT2D eigenvalue weighted by atomic mass is 79.9. The maximum Gasteiger partial charge on any atom is 0.231 e. The summed E-state index contributed by atoms with van der Waals surface area (Å²) in [5.74, 6) is 1.10. The molecule has 0 aromatic heterocycles. The molecule has 1 aromatic rings. The van der Waals surface area contributed by atoms with Gasteiger partial charge < -0.3 is 9.47 Å². The van der Waals surface area contributed by atoms with Crippen molar-refractivity contribution < 1.29 is 9.47 Å². The number of hydrogen-bond acceptors (Lipinski definition) is 3.